The molecule has 0 unspecified atom stereocenters. The largest absolute Gasteiger partial charge is 0.193 e. The number of nitrogens with zero attached hydrogens (tertiary/aromatic N) is 4. The predicted octanol–water partition coefficient (Wildman–Crippen LogP) is 0.733. The average molecular weight is 154 g/mol. The standard InChI is InChI=1S/C5H6N4S/c1-3-4-5(10-8-3)7-9(2)6-4/h1-2H3. The van der Waals surface area contributed by atoms with Gasteiger partial charge < -0.3 is 0 Å². The lowest BCUT2D eigenvalue weighted by atomic mass is 10.4. The molecule has 0 aliphatic heterocycles. The van der Waals surface area contributed by atoms with Crippen LogP contribution in [0.2, 0.25) is 0 Å². The van der Waals surface area contributed by atoms with Crippen molar-refractivity contribution in [1.82, 2.24) is 19.4 Å². The van der Waals surface area contributed by atoms with Crippen molar-refractivity contribution >= 4 is 21.9 Å². The van der Waals surface area contributed by atoms with E-state index in [0.29, 0.717) is 0 Å². The predicted molar refractivity (Wildman–Crippen MR) is 38.9 cm³/mol. The molecule has 5 heteroatoms. The third-order valence-electron chi connectivity index (χ3n) is 1.29. The highest BCUT2D eigenvalue weighted by molar-refractivity contribution is 7.12. The molecular weight excluding hydrogens is 148 g/mol. The first-order valence-electron chi connectivity index (χ1n) is 2.90. The lowest BCUT2D eigenvalue weighted by Gasteiger charge is -1.79. The van der Waals surface area contributed by atoms with Crippen LogP contribution in [0.15, 0.2) is 0 Å². The van der Waals surface area contributed by atoms with Gasteiger partial charge in [0.15, 0.2) is 4.83 Å². The van der Waals surface area contributed by atoms with E-state index >= 15 is 0 Å². The molecule has 2 aromatic heterocycles. The molecule has 0 fully saturated rings. The highest BCUT2D eigenvalue weighted by Gasteiger charge is 2.05. The maximum Gasteiger partial charge on any atom is 0.186 e. The van der Waals surface area contributed by atoms with Crippen molar-refractivity contribution in [2.75, 3.05) is 0 Å². The summed E-state index contributed by atoms with van der Waals surface area (Å²) in [6.07, 6.45) is 0. The Morgan fingerprint density at radius 3 is 2.90 bits per heavy atom. The van der Waals surface area contributed by atoms with Crippen molar-refractivity contribution < 1.29 is 0 Å². The zero-order chi connectivity index (χ0) is 7.14. The van der Waals surface area contributed by atoms with E-state index in [1.807, 2.05) is 14.0 Å². The Balaban J connectivity index is 2.90. The van der Waals surface area contributed by atoms with E-state index < -0.39 is 0 Å². The van der Waals surface area contributed by atoms with Gasteiger partial charge in [0.05, 0.1) is 5.69 Å². The molecule has 2 rings (SSSR count). The minimum atomic E-state index is 0.917. The van der Waals surface area contributed by atoms with E-state index in [2.05, 4.69) is 14.6 Å². The number of aryl methyl sites for hydroxylation is 2. The van der Waals surface area contributed by atoms with Gasteiger partial charge in [0.2, 0.25) is 0 Å². The van der Waals surface area contributed by atoms with Crippen LogP contribution in [0.25, 0.3) is 10.3 Å². The molecule has 0 bridgehead atoms. The average Bonchev–Trinajstić information content (AvgIpc) is 2.35. The summed E-state index contributed by atoms with van der Waals surface area (Å²) >= 11 is 1.39. The maximum atomic E-state index is 4.13. The topological polar surface area (TPSA) is 43.6 Å². The smallest absolute Gasteiger partial charge is 0.186 e. The molecule has 2 aromatic rings. The minimum absolute atomic E-state index is 0.917. The van der Waals surface area contributed by atoms with Crippen LogP contribution in [0.1, 0.15) is 5.69 Å². The molecule has 52 valence electrons. The van der Waals surface area contributed by atoms with Crippen molar-refractivity contribution in [3.8, 4) is 0 Å². The summed E-state index contributed by atoms with van der Waals surface area (Å²) in [5.41, 5.74) is 1.89. The van der Waals surface area contributed by atoms with Crippen LogP contribution in [0.3, 0.4) is 0 Å². The van der Waals surface area contributed by atoms with E-state index in [-0.39, 0.29) is 0 Å². The van der Waals surface area contributed by atoms with Gasteiger partial charge in [-0.15, -0.1) is 5.10 Å². The summed E-state index contributed by atoms with van der Waals surface area (Å²) in [7, 11) is 1.81. The number of fused-ring (bicyclic) bond motifs is 1. The number of rotatable bonds is 0. The van der Waals surface area contributed by atoms with Gasteiger partial charge in [-0.3, -0.25) is 0 Å². The Morgan fingerprint density at radius 1 is 1.40 bits per heavy atom. The Kier molecular flexibility index (Phi) is 1.02. The molecule has 0 aliphatic carbocycles. The first-order chi connectivity index (χ1) is 4.77. The Morgan fingerprint density at radius 2 is 2.20 bits per heavy atom. The third kappa shape index (κ3) is 0.637. The first-order valence-corrected chi connectivity index (χ1v) is 3.68. The van der Waals surface area contributed by atoms with Crippen molar-refractivity contribution in [3.05, 3.63) is 5.69 Å². The molecule has 0 saturated heterocycles. The van der Waals surface area contributed by atoms with Gasteiger partial charge in [0.1, 0.15) is 5.52 Å². The van der Waals surface area contributed by atoms with Gasteiger partial charge >= 0.3 is 0 Å². The quantitative estimate of drug-likeness (QED) is 0.562. The Labute approximate surface area is 61.6 Å². The summed E-state index contributed by atoms with van der Waals surface area (Å²) in [6.45, 7) is 1.94. The normalized spacial score (nSPS) is 11.0. The van der Waals surface area contributed by atoms with Crippen LogP contribution < -0.4 is 0 Å². The van der Waals surface area contributed by atoms with Gasteiger partial charge in [0.25, 0.3) is 0 Å². The van der Waals surface area contributed by atoms with E-state index in [1.54, 1.807) is 4.80 Å². The lowest BCUT2D eigenvalue weighted by Crippen LogP contribution is -1.91. The van der Waals surface area contributed by atoms with E-state index in [9.17, 15) is 0 Å². The number of hydrogen-bond acceptors (Lipinski definition) is 4. The van der Waals surface area contributed by atoms with E-state index in [0.717, 1.165) is 16.0 Å². The summed E-state index contributed by atoms with van der Waals surface area (Å²) in [5.74, 6) is 0. The van der Waals surface area contributed by atoms with Crippen molar-refractivity contribution in [2.45, 2.75) is 6.92 Å². The van der Waals surface area contributed by atoms with Crippen LogP contribution in [0.4, 0.5) is 0 Å². The van der Waals surface area contributed by atoms with Crippen molar-refractivity contribution in [2.24, 2.45) is 7.05 Å². The Bertz CT molecular complexity index is 360. The molecule has 0 radical (unpaired) electrons. The van der Waals surface area contributed by atoms with E-state index in [4.69, 9.17) is 0 Å². The molecular formula is C5H6N4S. The van der Waals surface area contributed by atoms with Crippen LogP contribution >= 0.6 is 11.5 Å². The molecule has 0 aromatic carbocycles. The molecule has 4 nitrogen and oxygen atoms in total. The zero-order valence-electron chi connectivity index (χ0n) is 5.70. The molecule has 0 spiro atoms. The van der Waals surface area contributed by atoms with Crippen molar-refractivity contribution in [1.29, 1.82) is 0 Å². The maximum absolute atomic E-state index is 4.13. The lowest BCUT2D eigenvalue weighted by molar-refractivity contribution is 0.665. The molecule has 10 heavy (non-hydrogen) atoms. The summed E-state index contributed by atoms with van der Waals surface area (Å²) < 4.78 is 4.10. The highest BCUT2D eigenvalue weighted by Crippen LogP contribution is 2.16. The van der Waals surface area contributed by atoms with Gasteiger partial charge in [0, 0.05) is 7.05 Å². The van der Waals surface area contributed by atoms with Crippen LogP contribution in [-0.4, -0.2) is 19.4 Å². The van der Waals surface area contributed by atoms with Crippen LogP contribution in [-0.2, 0) is 7.05 Å². The highest BCUT2D eigenvalue weighted by atomic mass is 32.1. The molecule has 0 N–H and O–H groups in total. The fourth-order valence-electron chi connectivity index (χ4n) is 0.832. The number of hydrogen-bond donors (Lipinski definition) is 0. The SMILES string of the molecule is Cc1nsc2nn(C)nc12. The molecule has 0 amide bonds. The van der Waals surface area contributed by atoms with Gasteiger partial charge in [-0.1, -0.05) is 0 Å². The molecule has 0 saturated carbocycles. The minimum Gasteiger partial charge on any atom is -0.193 e. The van der Waals surface area contributed by atoms with Crippen molar-refractivity contribution in [3.63, 3.8) is 0 Å². The molecule has 0 atom stereocenters. The van der Waals surface area contributed by atoms with Gasteiger partial charge in [-0.2, -0.15) is 14.3 Å². The first kappa shape index (κ1) is 5.79. The second-order valence-corrected chi connectivity index (χ2v) is 2.86. The molecule has 0 aliphatic rings. The summed E-state index contributed by atoms with van der Waals surface area (Å²) in [5, 5.41) is 8.22. The number of aromatic nitrogens is 4. The van der Waals surface area contributed by atoms with Crippen LogP contribution in [0.5, 0.6) is 0 Å². The monoisotopic (exact) mass is 154 g/mol. The fraction of sp³-hybridized carbons (Fsp3) is 0.400. The van der Waals surface area contributed by atoms with Gasteiger partial charge in [-0.05, 0) is 18.5 Å². The second kappa shape index (κ2) is 1.76. The fourth-order valence-corrected chi connectivity index (χ4v) is 1.57. The van der Waals surface area contributed by atoms with Crippen LogP contribution in [0, 0.1) is 6.92 Å². The van der Waals surface area contributed by atoms with E-state index in [1.165, 1.54) is 11.5 Å². The zero-order valence-corrected chi connectivity index (χ0v) is 6.51. The van der Waals surface area contributed by atoms with Gasteiger partial charge in [-0.25, -0.2) is 0 Å². The Hall–Kier alpha value is -0.970. The summed E-state index contributed by atoms with van der Waals surface area (Å²) in [4.78, 5) is 2.48. The molecule has 2 heterocycles. The second-order valence-electron chi connectivity index (χ2n) is 2.11. The summed E-state index contributed by atoms with van der Waals surface area (Å²) in [6, 6.07) is 0. The third-order valence-corrected chi connectivity index (χ3v) is 2.11.